The Morgan fingerprint density at radius 1 is 1.32 bits per heavy atom. The summed E-state index contributed by atoms with van der Waals surface area (Å²) in [6.07, 6.45) is 0.548. The molecule has 1 fully saturated rings. The normalized spacial score (nSPS) is 15.6. The number of likely N-dealkylation sites (N-methyl/N-ethyl adjacent to an activating group) is 1. The first-order chi connectivity index (χ1) is 13.2. The lowest BCUT2D eigenvalue weighted by Crippen LogP contribution is -2.53. The van der Waals surface area contributed by atoms with E-state index in [4.69, 9.17) is 4.74 Å². The Kier molecular flexibility index (Phi) is 7.85. The summed E-state index contributed by atoms with van der Waals surface area (Å²) >= 11 is 1.47. The molecule has 28 heavy (non-hydrogen) atoms. The van der Waals surface area contributed by atoms with Crippen molar-refractivity contribution in [3.63, 3.8) is 0 Å². The number of aryl methyl sites for hydroxylation is 1. The van der Waals surface area contributed by atoms with E-state index in [-0.39, 0.29) is 6.09 Å². The molecular weight excluding hydrogens is 378 g/mol. The SMILES string of the molecule is CCc1nsc(N2CCN(C(=NC)NCCN(C)C(=O)OC(C)(C)C)CC2)n1. The van der Waals surface area contributed by atoms with Gasteiger partial charge in [-0.2, -0.15) is 4.37 Å². The summed E-state index contributed by atoms with van der Waals surface area (Å²) in [4.78, 5) is 27.0. The first-order valence-corrected chi connectivity index (χ1v) is 10.5. The minimum atomic E-state index is -0.487. The highest BCUT2D eigenvalue weighted by molar-refractivity contribution is 7.09. The number of guanidine groups is 1. The fourth-order valence-corrected chi connectivity index (χ4v) is 3.53. The second-order valence-corrected chi connectivity index (χ2v) is 8.43. The average Bonchev–Trinajstić information content (AvgIpc) is 3.13. The second kappa shape index (κ2) is 9.90. The lowest BCUT2D eigenvalue weighted by molar-refractivity contribution is 0.0302. The number of amides is 1. The van der Waals surface area contributed by atoms with Crippen LogP contribution in [0, 0.1) is 0 Å². The third-order valence-corrected chi connectivity index (χ3v) is 5.09. The highest BCUT2D eigenvalue weighted by atomic mass is 32.1. The number of hydrogen-bond acceptors (Lipinski definition) is 7. The predicted molar refractivity (Wildman–Crippen MR) is 113 cm³/mol. The molecule has 0 unspecified atom stereocenters. The van der Waals surface area contributed by atoms with Crippen molar-refractivity contribution in [3.8, 4) is 0 Å². The zero-order chi connectivity index (χ0) is 20.7. The van der Waals surface area contributed by atoms with Gasteiger partial charge in [0.25, 0.3) is 0 Å². The van der Waals surface area contributed by atoms with Crippen LogP contribution in [0.2, 0.25) is 0 Å². The fourth-order valence-electron chi connectivity index (χ4n) is 2.73. The molecule has 0 bridgehead atoms. The summed E-state index contributed by atoms with van der Waals surface area (Å²) in [7, 11) is 3.52. The van der Waals surface area contributed by atoms with Gasteiger partial charge in [0.2, 0.25) is 5.13 Å². The highest BCUT2D eigenvalue weighted by Crippen LogP contribution is 2.19. The van der Waals surface area contributed by atoms with Gasteiger partial charge in [-0.25, -0.2) is 9.78 Å². The zero-order valence-corrected chi connectivity index (χ0v) is 18.7. The Balaban J connectivity index is 1.76. The Labute approximate surface area is 171 Å². The van der Waals surface area contributed by atoms with Crippen molar-refractivity contribution in [2.75, 3.05) is 58.3 Å². The fraction of sp³-hybridized carbons (Fsp3) is 0.778. The summed E-state index contributed by atoms with van der Waals surface area (Å²) in [5.41, 5.74) is -0.487. The lowest BCUT2D eigenvalue weighted by atomic mass is 10.2. The number of nitrogens with zero attached hydrogens (tertiary/aromatic N) is 6. The van der Waals surface area contributed by atoms with Crippen LogP contribution in [0.1, 0.15) is 33.5 Å². The summed E-state index contributed by atoms with van der Waals surface area (Å²) in [6, 6.07) is 0. The van der Waals surface area contributed by atoms with E-state index in [9.17, 15) is 4.79 Å². The molecule has 9 nitrogen and oxygen atoms in total. The van der Waals surface area contributed by atoms with Gasteiger partial charge >= 0.3 is 6.09 Å². The molecule has 1 N–H and O–H groups in total. The third-order valence-electron chi connectivity index (χ3n) is 4.27. The number of carbonyl (C=O) groups excluding carboxylic acids is 1. The maximum Gasteiger partial charge on any atom is 0.410 e. The number of aromatic nitrogens is 2. The highest BCUT2D eigenvalue weighted by Gasteiger charge is 2.23. The van der Waals surface area contributed by atoms with E-state index in [2.05, 4.69) is 36.4 Å². The van der Waals surface area contributed by atoms with Gasteiger partial charge in [0.05, 0.1) is 0 Å². The van der Waals surface area contributed by atoms with Crippen LogP contribution >= 0.6 is 11.5 Å². The molecule has 0 spiro atoms. The van der Waals surface area contributed by atoms with E-state index in [1.807, 2.05) is 20.8 Å². The average molecular weight is 412 g/mol. The molecule has 1 aliphatic heterocycles. The van der Waals surface area contributed by atoms with E-state index in [0.29, 0.717) is 13.1 Å². The second-order valence-electron chi connectivity index (χ2n) is 7.70. The van der Waals surface area contributed by atoms with Crippen molar-refractivity contribution in [2.24, 2.45) is 4.99 Å². The van der Waals surface area contributed by atoms with Crippen LogP contribution in [0.4, 0.5) is 9.93 Å². The molecule has 1 aromatic rings. The van der Waals surface area contributed by atoms with Crippen LogP contribution in [0.15, 0.2) is 4.99 Å². The summed E-state index contributed by atoms with van der Waals surface area (Å²) < 4.78 is 9.74. The van der Waals surface area contributed by atoms with Crippen molar-refractivity contribution in [2.45, 2.75) is 39.7 Å². The van der Waals surface area contributed by atoms with Crippen molar-refractivity contribution >= 4 is 28.7 Å². The minimum Gasteiger partial charge on any atom is -0.444 e. The molecule has 2 heterocycles. The number of nitrogens with one attached hydrogen (secondary N) is 1. The van der Waals surface area contributed by atoms with Crippen LogP contribution in [0.5, 0.6) is 0 Å². The number of hydrogen-bond donors (Lipinski definition) is 1. The van der Waals surface area contributed by atoms with E-state index in [1.54, 1.807) is 19.0 Å². The van der Waals surface area contributed by atoms with Crippen molar-refractivity contribution in [1.29, 1.82) is 0 Å². The third kappa shape index (κ3) is 6.50. The Bertz CT molecular complexity index is 663. The quantitative estimate of drug-likeness (QED) is 0.582. The molecule has 1 aromatic heterocycles. The van der Waals surface area contributed by atoms with E-state index >= 15 is 0 Å². The topological polar surface area (TPSA) is 86.2 Å². The number of aliphatic imine (C=N–C) groups is 1. The smallest absolute Gasteiger partial charge is 0.410 e. The van der Waals surface area contributed by atoms with Crippen molar-refractivity contribution < 1.29 is 9.53 Å². The largest absolute Gasteiger partial charge is 0.444 e. The molecule has 1 amide bonds. The molecular formula is C18H33N7O2S. The number of anilines is 1. The zero-order valence-electron chi connectivity index (χ0n) is 17.9. The molecule has 0 radical (unpaired) electrons. The molecule has 158 valence electrons. The van der Waals surface area contributed by atoms with E-state index in [1.165, 1.54) is 11.5 Å². The van der Waals surface area contributed by atoms with Crippen LogP contribution in [0.25, 0.3) is 0 Å². The first kappa shape index (κ1) is 22.2. The number of carbonyl (C=O) groups is 1. The summed E-state index contributed by atoms with van der Waals surface area (Å²) in [5, 5.41) is 4.34. The van der Waals surface area contributed by atoms with Gasteiger partial charge < -0.3 is 24.8 Å². The van der Waals surface area contributed by atoms with Gasteiger partial charge in [0.1, 0.15) is 11.4 Å². The van der Waals surface area contributed by atoms with Crippen LogP contribution in [-0.2, 0) is 11.2 Å². The van der Waals surface area contributed by atoms with Crippen LogP contribution < -0.4 is 10.2 Å². The molecule has 0 aliphatic carbocycles. The molecule has 2 rings (SSSR count). The molecule has 0 aromatic carbocycles. The minimum absolute atomic E-state index is 0.318. The van der Waals surface area contributed by atoms with Crippen LogP contribution in [0.3, 0.4) is 0 Å². The van der Waals surface area contributed by atoms with Crippen molar-refractivity contribution in [3.05, 3.63) is 5.82 Å². The number of rotatable bonds is 5. The summed E-state index contributed by atoms with van der Waals surface area (Å²) in [5.74, 6) is 1.76. The number of piperazine rings is 1. The maximum absolute atomic E-state index is 12.0. The van der Waals surface area contributed by atoms with Gasteiger partial charge in [-0.3, -0.25) is 4.99 Å². The van der Waals surface area contributed by atoms with Gasteiger partial charge in [-0.05, 0) is 20.8 Å². The van der Waals surface area contributed by atoms with Gasteiger partial charge in [0, 0.05) is 71.3 Å². The molecule has 1 aliphatic rings. The number of ether oxygens (including phenoxy) is 1. The maximum atomic E-state index is 12.0. The Morgan fingerprint density at radius 2 is 2.00 bits per heavy atom. The molecule has 1 saturated heterocycles. The van der Waals surface area contributed by atoms with Gasteiger partial charge in [-0.15, -0.1) is 0 Å². The monoisotopic (exact) mass is 411 g/mol. The molecule has 10 heteroatoms. The molecule has 0 atom stereocenters. The van der Waals surface area contributed by atoms with Crippen LogP contribution in [-0.4, -0.2) is 90.2 Å². The van der Waals surface area contributed by atoms with E-state index in [0.717, 1.165) is 49.5 Å². The molecule has 0 saturated carbocycles. The first-order valence-electron chi connectivity index (χ1n) is 9.70. The van der Waals surface area contributed by atoms with Gasteiger partial charge in [-0.1, -0.05) is 6.92 Å². The lowest BCUT2D eigenvalue weighted by Gasteiger charge is -2.36. The van der Waals surface area contributed by atoms with Crippen molar-refractivity contribution in [1.82, 2.24) is 24.5 Å². The van der Waals surface area contributed by atoms with E-state index < -0.39 is 5.60 Å². The summed E-state index contributed by atoms with van der Waals surface area (Å²) in [6.45, 7) is 12.3. The predicted octanol–water partition coefficient (Wildman–Crippen LogP) is 1.66. The standard InChI is InChI=1S/C18H33N7O2S/c1-7-14-21-16(28-22-14)25-12-10-24(11-13-25)15(19-5)20-8-9-23(6)17(26)27-18(2,3)4/h7-13H2,1-6H3,(H,19,20). The van der Waals surface area contributed by atoms with Gasteiger partial charge in [0.15, 0.2) is 5.96 Å². The Morgan fingerprint density at radius 3 is 2.54 bits per heavy atom. The Hall–Kier alpha value is -2.10.